The molecule has 1 unspecified atom stereocenters. The maximum absolute atomic E-state index is 12.1. The zero-order chi connectivity index (χ0) is 40.6. The number of carbonyl (C=O) groups excluding carboxylic acids is 4. The van der Waals surface area contributed by atoms with Crippen molar-refractivity contribution in [3.63, 3.8) is 0 Å². The van der Waals surface area contributed by atoms with Crippen LogP contribution in [0, 0.1) is 16.2 Å². The third kappa shape index (κ3) is 13.4. The molecule has 2 amide bonds. The Morgan fingerprint density at radius 3 is 1.62 bits per heavy atom. The van der Waals surface area contributed by atoms with E-state index in [4.69, 9.17) is 14.6 Å². The van der Waals surface area contributed by atoms with Gasteiger partial charge in [0, 0.05) is 23.1 Å². The summed E-state index contributed by atoms with van der Waals surface area (Å²) in [5, 5.41) is 10.2. The van der Waals surface area contributed by atoms with Crippen LogP contribution in [0.2, 0.25) is 0 Å². The van der Waals surface area contributed by atoms with Crippen LogP contribution in [0.3, 0.4) is 0 Å². The second kappa shape index (κ2) is 21.2. The van der Waals surface area contributed by atoms with Crippen LogP contribution in [0.5, 0.6) is 0 Å². The highest BCUT2D eigenvalue weighted by molar-refractivity contribution is 6.25. The fourth-order valence-electron chi connectivity index (χ4n) is 4.93. The van der Waals surface area contributed by atoms with Crippen molar-refractivity contribution in [1.82, 2.24) is 4.90 Å². The van der Waals surface area contributed by atoms with Crippen molar-refractivity contribution in [3.8, 4) is 0 Å². The topological polar surface area (TPSA) is 127 Å². The Hall–Kier alpha value is -4.53. The molecule has 4 rings (SSSR count). The van der Waals surface area contributed by atoms with Gasteiger partial charge in [-0.25, -0.2) is 0 Å². The minimum atomic E-state index is -0.722. The number of imide groups is 1. The summed E-state index contributed by atoms with van der Waals surface area (Å²) in [6.45, 7) is 21.7. The average Bonchev–Trinajstić information content (AvgIpc) is 3.15. The molecule has 0 aromatic heterocycles. The number of aliphatic carboxylic acids is 1. The number of ether oxygens (including phenoxy) is 2. The summed E-state index contributed by atoms with van der Waals surface area (Å²) in [4.78, 5) is 59.0. The number of rotatable bonds is 12. The summed E-state index contributed by atoms with van der Waals surface area (Å²) in [5.74, 6) is -0.812. The molecule has 9 heteroatoms. The number of carboxylic acid groups (broad SMARTS) is 1. The van der Waals surface area contributed by atoms with Crippen LogP contribution >= 0.6 is 0 Å². The molecule has 53 heavy (non-hydrogen) atoms. The number of carboxylic acids is 1. The molecule has 3 aromatic carbocycles. The molecule has 0 saturated carbocycles. The van der Waals surface area contributed by atoms with E-state index in [0.717, 1.165) is 17.2 Å². The molecule has 1 aliphatic rings. The predicted octanol–water partition coefficient (Wildman–Crippen LogP) is 10.1. The monoisotopic (exact) mass is 733 g/mol. The molecule has 0 bridgehead atoms. The van der Waals surface area contributed by atoms with E-state index in [2.05, 4.69) is 44.2 Å². The van der Waals surface area contributed by atoms with Crippen LogP contribution in [0.4, 0.5) is 0 Å². The van der Waals surface area contributed by atoms with Crippen LogP contribution in [0.25, 0.3) is 10.8 Å². The smallest absolute Gasteiger partial charge is 0.311 e. The summed E-state index contributed by atoms with van der Waals surface area (Å²) in [6.07, 6.45) is 3.96. The van der Waals surface area contributed by atoms with Crippen molar-refractivity contribution in [2.45, 2.75) is 114 Å². The van der Waals surface area contributed by atoms with E-state index in [-0.39, 0.29) is 23.8 Å². The van der Waals surface area contributed by atoms with Crippen molar-refractivity contribution in [1.29, 1.82) is 0 Å². The van der Waals surface area contributed by atoms with Crippen LogP contribution in [0.15, 0.2) is 66.7 Å². The molecule has 292 valence electrons. The number of nitrogens with zero attached hydrogens (tertiary/aromatic N) is 1. The molecule has 9 nitrogen and oxygen atoms in total. The number of amides is 2. The third-order valence-electron chi connectivity index (χ3n) is 9.97. The summed E-state index contributed by atoms with van der Waals surface area (Å²) < 4.78 is 9.93. The van der Waals surface area contributed by atoms with Gasteiger partial charge in [0.15, 0.2) is 0 Å². The van der Waals surface area contributed by atoms with E-state index in [1.54, 1.807) is 26.0 Å². The van der Waals surface area contributed by atoms with Gasteiger partial charge in [-0.15, -0.1) is 0 Å². The van der Waals surface area contributed by atoms with Gasteiger partial charge in [0.25, 0.3) is 11.8 Å². The summed E-state index contributed by atoms with van der Waals surface area (Å²) in [7, 11) is 1.38. The molecule has 0 saturated heterocycles. The first kappa shape index (κ1) is 46.5. The van der Waals surface area contributed by atoms with E-state index in [9.17, 15) is 24.0 Å². The van der Waals surface area contributed by atoms with E-state index in [1.807, 2.05) is 72.7 Å². The van der Waals surface area contributed by atoms with Crippen LogP contribution in [-0.2, 0) is 23.9 Å². The SMILES string of the molecule is CCC(C)(C)C(=O)O.CCC(C)(C)C(=O)OCCCC(C)(C)C(=O)OC.CCC(C)c1ccccc1.CCN1C(=O)c2cccc3cccc(c23)C1=O. The molecule has 3 aromatic rings. The predicted molar refractivity (Wildman–Crippen MR) is 212 cm³/mol. The summed E-state index contributed by atoms with van der Waals surface area (Å²) in [6, 6.07) is 21.7. The van der Waals surface area contributed by atoms with Gasteiger partial charge in [-0.2, -0.15) is 0 Å². The molecule has 1 aliphatic heterocycles. The van der Waals surface area contributed by atoms with Gasteiger partial charge in [0.2, 0.25) is 0 Å². The molecule has 1 atom stereocenters. The molecule has 0 aliphatic carbocycles. The fraction of sp³-hybridized carbons (Fsp3) is 0.523. The van der Waals surface area contributed by atoms with Crippen molar-refractivity contribution < 1.29 is 38.6 Å². The Morgan fingerprint density at radius 2 is 1.23 bits per heavy atom. The van der Waals surface area contributed by atoms with Crippen molar-refractivity contribution in [2.75, 3.05) is 20.3 Å². The Morgan fingerprint density at radius 1 is 0.717 bits per heavy atom. The number of hydrogen-bond acceptors (Lipinski definition) is 7. The van der Waals surface area contributed by atoms with E-state index < -0.39 is 22.2 Å². The zero-order valence-electron chi connectivity index (χ0n) is 34.1. The van der Waals surface area contributed by atoms with Gasteiger partial charge >= 0.3 is 17.9 Å². The second-order valence-corrected chi connectivity index (χ2v) is 15.2. The molecular formula is C44H63NO8. The van der Waals surface area contributed by atoms with Gasteiger partial charge in [-0.05, 0) is 110 Å². The van der Waals surface area contributed by atoms with Gasteiger partial charge in [0.1, 0.15) is 0 Å². The minimum absolute atomic E-state index is 0.180. The molecule has 0 spiro atoms. The van der Waals surface area contributed by atoms with Crippen LogP contribution in [-0.4, -0.2) is 60.0 Å². The maximum atomic E-state index is 12.1. The van der Waals surface area contributed by atoms with Gasteiger partial charge in [-0.1, -0.05) is 82.3 Å². The van der Waals surface area contributed by atoms with Crippen molar-refractivity contribution in [2.24, 2.45) is 16.2 Å². The van der Waals surface area contributed by atoms with Crippen LogP contribution < -0.4 is 0 Å². The quantitative estimate of drug-likeness (QED) is 0.111. The summed E-state index contributed by atoms with van der Waals surface area (Å²) >= 11 is 0. The van der Waals surface area contributed by atoms with Gasteiger partial charge < -0.3 is 14.6 Å². The Kier molecular flexibility index (Phi) is 18.6. The highest BCUT2D eigenvalue weighted by Crippen LogP contribution is 2.30. The van der Waals surface area contributed by atoms with E-state index >= 15 is 0 Å². The molecule has 0 fully saturated rings. The van der Waals surface area contributed by atoms with Crippen molar-refractivity contribution >= 4 is 40.5 Å². The molecule has 1 heterocycles. The number of benzene rings is 3. The average molecular weight is 734 g/mol. The number of hydrogen-bond donors (Lipinski definition) is 1. The standard InChI is InChI=1S/C14H11NO2.C14H26O4.C10H14.C6H12O2/c1-2-15-13(16)10-7-3-5-9-6-4-8-11(12(9)10)14(15)17;1-7-13(2,3)12(16)18-10-8-9-14(4,5)11(15)17-6;1-3-9(2)10-7-5-4-6-8-10;1-4-6(2,3)5(7)8/h3-8H,2H2,1H3;7-10H2,1-6H3;4-9H,3H2,1-2H3;4H2,1-3H3,(H,7,8). The van der Waals surface area contributed by atoms with Gasteiger partial charge in [0.05, 0.1) is 30.0 Å². The molecule has 0 radical (unpaired) electrons. The Balaban J connectivity index is 0.000000371. The highest BCUT2D eigenvalue weighted by Gasteiger charge is 2.32. The number of esters is 2. The first-order valence-corrected chi connectivity index (χ1v) is 18.7. The second-order valence-electron chi connectivity index (χ2n) is 15.2. The normalized spacial score (nSPS) is 12.9. The first-order valence-electron chi connectivity index (χ1n) is 18.7. The number of methoxy groups -OCH3 is 1. The molecular weight excluding hydrogens is 670 g/mol. The number of carbonyl (C=O) groups is 5. The van der Waals surface area contributed by atoms with E-state index in [1.165, 1.54) is 24.0 Å². The first-order chi connectivity index (χ1) is 24.8. The van der Waals surface area contributed by atoms with Crippen molar-refractivity contribution in [3.05, 3.63) is 83.4 Å². The Labute approximate surface area is 317 Å². The molecule has 1 N–H and O–H groups in total. The lowest BCUT2D eigenvalue weighted by Crippen LogP contribution is -2.39. The highest BCUT2D eigenvalue weighted by atomic mass is 16.5. The summed E-state index contributed by atoms with van der Waals surface area (Å²) in [5.41, 5.74) is 1.20. The fourth-order valence-corrected chi connectivity index (χ4v) is 4.93. The zero-order valence-corrected chi connectivity index (χ0v) is 34.1. The lowest BCUT2D eigenvalue weighted by atomic mass is 9.88. The largest absolute Gasteiger partial charge is 0.481 e. The van der Waals surface area contributed by atoms with E-state index in [0.29, 0.717) is 49.5 Å². The lowest BCUT2D eigenvalue weighted by Gasteiger charge is -2.25. The van der Waals surface area contributed by atoms with Gasteiger partial charge in [-0.3, -0.25) is 28.9 Å². The lowest BCUT2D eigenvalue weighted by molar-refractivity contribution is -0.155. The van der Waals surface area contributed by atoms with Crippen LogP contribution in [0.1, 0.15) is 140 Å². The maximum Gasteiger partial charge on any atom is 0.311 e. The Bertz CT molecular complexity index is 1610. The third-order valence-corrected chi connectivity index (χ3v) is 9.97. The minimum Gasteiger partial charge on any atom is -0.481 e.